The van der Waals surface area contributed by atoms with Crippen molar-refractivity contribution in [2.24, 2.45) is 10.9 Å². The number of hydrogen-bond acceptors (Lipinski definition) is 4. The first-order valence-electron chi connectivity index (χ1n) is 6.17. The standard InChI is InChI=1S/C11H19N3O3S/c1-8(2)6-12-10-13-9(15)11(14-10)4-3-5-18(16,17)7-11/h8H,3-7H2,1-2H3,(H2,12,13,14,15). The molecular weight excluding hydrogens is 254 g/mol. The van der Waals surface area contributed by atoms with E-state index in [9.17, 15) is 13.2 Å². The van der Waals surface area contributed by atoms with Gasteiger partial charge in [0.25, 0.3) is 5.91 Å². The molecule has 0 aromatic heterocycles. The first kappa shape index (κ1) is 13.3. The molecule has 2 saturated heterocycles. The van der Waals surface area contributed by atoms with Gasteiger partial charge in [0.15, 0.2) is 15.8 Å². The van der Waals surface area contributed by atoms with E-state index in [0.717, 1.165) is 0 Å². The van der Waals surface area contributed by atoms with Gasteiger partial charge in [0, 0.05) is 6.54 Å². The third-order valence-electron chi connectivity index (χ3n) is 3.16. The van der Waals surface area contributed by atoms with Crippen molar-refractivity contribution in [3.8, 4) is 0 Å². The molecule has 0 aromatic rings. The lowest BCUT2D eigenvalue weighted by Crippen LogP contribution is -2.55. The Labute approximate surface area is 107 Å². The van der Waals surface area contributed by atoms with Crippen LogP contribution in [0.3, 0.4) is 0 Å². The summed E-state index contributed by atoms with van der Waals surface area (Å²) >= 11 is 0. The Hall–Kier alpha value is -1.11. The van der Waals surface area contributed by atoms with Crippen LogP contribution in [0.1, 0.15) is 26.7 Å². The summed E-state index contributed by atoms with van der Waals surface area (Å²) in [4.78, 5) is 16.2. The molecule has 0 aliphatic carbocycles. The largest absolute Gasteiger partial charge is 0.341 e. The van der Waals surface area contributed by atoms with E-state index in [2.05, 4.69) is 15.6 Å². The molecule has 2 heterocycles. The average molecular weight is 273 g/mol. The number of guanidine groups is 1. The monoisotopic (exact) mass is 273 g/mol. The first-order chi connectivity index (χ1) is 8.33. The molecule has 7 heteroatoms. The van der Waals surface area contributed by atoms with Crippen LogP contribution in [0, 0.1) is 5.92 Å². The van der Waals surface area contributed by atoms with Crippen LogP contribution < -0.4 is 10.6 Å². The summed E-state index contributed by atoms with van der Waals surface area (Å²) in [5.74, 6) is 0.566. The van der Waals surface area contributed by atoms with Crippen molar-refractivity contribution in [2.75, 3.05) is 18.1 Å². The minimum absolute atomic E-state index is 0.132. The molecule has 18 heavy (non-hydrogen) atoms. The number of carbonyl (C=O) groups excluding carboxylic acids is 1. The summed E-state index contributed by atoms with van der Waals surface area (Å²) in [5.41, 5.74) is -0.993. The van der Waals surface area contributed by atoms with Gasteiger partial charge in [-0.2, -0.15) is 0 Å². The van der Waals surface area contributed by atoms with Gasteiger partial charge in [0.2, 0.25) is 0 Å². The molecule has 1 unspecified atom stereocenters. The van der Waals surface area contributed by atoms with Gasteiger partial charge in [0.05, 0.1) is 11.5 Å². The van der Waals surface area contributed by atoms with Gasteiger partial charge >= 0.3 is 0 Å². The van der Waals surface area contributed by atoms with Gasteiger partial charge in [-0.3, -0.25) is 15.1 Å². The van der Waals surface area contributed by atoms with E-state index in [0.29, 0.717) is 31.3 Å². The van der Waals surface area contributed by atoms with Gasteiger partial charge in [-0.25, -0.2) is 8.42 Å². The third kappa shape index (κ3) is 2.66. The van der Waals surface area contributed by atoms with Crippen LogP contribution in [-0.2, 0) is 14.6 Å². The lowest BCUT2D eigenvalue weighted by Gasteiger charge is -2.29. The lowest BCUT2D eigenvalue weighted by atomic mass is 9.96. The van der Waals surface area contributed by atoms with Crippen molar-refractivity contribution in [3.63, 3.8) is 0 Å². The minimum Gasteiger partial charge on any atom is -0.341 e. The predicted molar refractivity (Wildman–Crippen MR) is 69.0 cm³/mol. The number of nitrogens with one attached hydrogen (secondary N) is 2. The third-order valence-corrected chi connectivity index (χ3v) is 5.01. The highest BCUT2D eigenvalue weighted by Gasteiger charge is 2.50. The summed E-state index contributed by atoms with van der Waals surface area (Å²) < 4.78 is 23.3. The summed E-state index contributed by atoms with van der Waals surface area (Å²) in [6.45, 7) is 4.66. The number of rotatable bonds is 2. The second kappa shape index (κ2) is 4.53. The number of nitrogens with zero attached hydrogens (tertiary/aromatic N) is 1. The molecule has 2 fully saturated rings. The Kier molecular flexibility index (Phi) is 3.35. The molecule has 0 bridgehead atoms. The van der Waals surface area contributed by atoms with Crippen molar-refractivity contribution >= 4 is 21.7 Å². The van der Waals surface area contributed by atoms with Crippen molar-refractivity contribution in [2.45, 2.75) is 32.2 Å². The molecule has 2 aliphatic rings. The summed E-state index contributed by atoms with van der Waals surface area (Å²) in [7, 11) is -3.14. The number of amides is 1. The van der Waals surface area contributed by atoms with Gasteiger partial charge in [-0.05, 0) is 18.8 Å². The highest BCUT2D eigenvalue weighted by molar-refractivity contribution is 7.91. The van der Waals surface area contributed by atoms with Crippen molar-refractivity contribution in [1.82, 2.24) is 10.6 Å². The Morgan fingerprint density at radius 2 is 2.17 bits per heavy atom. The lowest BCUT2D eigenvalue weighted by molar-refractivity contribution is -0.123. The maximum Gasteiger partial charge on any atom is 0.253 e. The summed E-state index contributed by atoms with van der Waals surface area (Å²) in [6.07, 6.45) is 1.05. The molecule has 0 aromatic carbocycles. The molecule has 2 aliphatic heterocycles. The van der Waals surface area contributed by atoms with E-state index in [-0.39, 0.29) is 17.4 Å². The number of hydrogen-bond donors (Lipinski definition) is 2. The maximum atomic E-state index is 12.0. The molecule has 1 amide bonds. The van der Waals surface area contributed by atoms with Crippen LogP contribution in [0.5, 0.6) is 0 Å². The maximum absolute atomic E-state index is 12.0. The highest BCUT2D eigenvalue weighted by Crippen LogP contribution is 2.25. The van der Waals surface area contributed by atoms with Crippen LogP contribution >= 0.6 is 0 Å². The van der Waals surface area contributed by atoms with Crippen LogP contribution in [0.25, 0.3) is 0 Å². The molecule has 6 nitrogen and oxygen atoms in total. The zero-order chi connectivity index (χ0) is 13.4. The smallest absolute Gasteiger partial charge is 0.253 e. The van der Waals surface area contributed by atoms with E-state index in [1.54, 1.807) is 0 Å². The average Bonchev–Trinajstić information content (AvgIpc) is 2.51. The molecule has 102 valence electrons. The van der Waals surface area contributed by atoms with Crippen LogP contribution in [-0.4, -0.2) is 43.9 Å². The molecule has 1 atom stereocenters. The minimum atomic E-state index is -3.14. The van der Waals surface area contributed by atoms with Gasteiger partial charge in [0.1, 0.15) is 5.54 Å². The van der Waals surface area contributed by atoms with Crippen molar-refractivity contribution in [3.05, 3.63) is 0 Å². The van der Waals surface area contributed by atoms with E-state index in [1.165, 1.54) is 0 Å². The second-order valence-corrected chi connectivity index (χ2v) is 7.62. The Bertz CT molecular complexity index is 484. The second-order valence-electron chi connectivity index (χ2n) is 5.44. The predicted octanol–water partition coefficient (Wildman–Crippen LogP) is -0.335. The van der Waals surface area contributed by atoms with Crippen LogP contribution in [0.2, 0.25) is 0 Å². The fraction of sp³-hybridized carbons (Fsp3) is 0.818. The highest BCUT2D eigenvalue weighted by atomic mass is 32.2. The summed E-state index contributed by atoms with van der Waals surface area (Å²) in [6, 6.07) is 0. The number of aliphatic imine (C=N–C) groups is 1. The SMILES string of the molecule is CC(C)CN=C1NC(=O)C2(CCCS(=O)(=O)C2)N1. The summed E-state index contributed by atoms with van der Waals surface area (Å²) in [5, 5.41) is 5.62. The molecular formula is C11H19N3O3S. The molecule has 1 spiro atoms. The van der Waals surface area contributed by atoms with E-state index >= 15 is 0 Å². The fourth-order valence-electron chi connectivity index (χ4n) is 2.29. The van der Waals surface area contributed by atoms with Gasteiger partial charge < -0.3 is 5.32 Å². The number of carbonyl (C=O) groups is 1. The Balaban J connectivity index is 2.16. The Morgan fingerprint density at radius 3 is 2.78 bits per heavy atom. The van der Waals surface area contributed by atoms with Crippen LogP contribution in [0.4, 0.5) is 0 Å². The first-order valence-corrected chi connectivity index (χ1v) is 8.00. The number of sulfone groups is 1. The zero-order valence-corrected chi connectivity index (χ0v) is 11.5. The van der Waals surface area contributed by atoms with Crippen molar-refractivity contribution in [1.29, 1.82) is 0 Å². The van der Waals surface area contributed by atoms with Gasteiger partial charge in [-0.15, -0.1) is 0 Å². The van der Waals surface area contributed by atoms with E-state index in [1.807, 2.05) is 13.8 Å². The van der Waals surface area contributed by atoms with Gasteiger partial charge in [-0.1, -0.05) is 13.8 Å². The zero-order valence-electron chi connectivity index (χ0n) is 10.7. The van der Waals surface area contributed by atoms with Crippen LogP contribution in [0.15, 0.2) is 4.99 Å². The molecule has 2 rings (SSSR count). The van der Waals surface area contributed by atoms with Crippen molar-refractivity contribution < 1.29 is 13.2 Å². The molecule has 0 radical (unpaired) electrons. The Morgan fingerprint density at radius 1 is 1.44 bits per heavy atom. The molecule has 0 saturated carbocycles. The quantitative estimate of drug-likeness (QED) is 0.721. The van der Waals surface area contributed by atoms with E-state index < -0.39 is 15.4 Å². The normalized spacial score (nSPS) is 32.8. The topological polar surface area (TPSA) is 87.6 Å². The molecule has 2 N–H and O–H groups in total. The van der Waals surface area contributed by atoms with E-state index in [4.69, 9.17) is 0 Å². The fourth-order valence-corrected chi connectivity index (χ4v) is 4.11.